The van der Waals surface area contributed by atoms with Crippen LogP contribution < -0.4 is 59.1 Å². The van der Waals surface area contributed by atoms with E-state index in [4.69, 9.17) is 5.73 Å². The minimum Gasteiger partial charge on any atom is -0.394 e. The van der Waals surface area contributed by atoms with Gasteiger partial charge in [0.2, 0.25) is 53.2 Å². The summed E-state index contributed by atoms with van der Waals surface area (Å²) in [6, 6.07) is -5.24. The van der Waals surface area contributed by atoms with Crippen LogP contribution in [0.5, 0.6) is 0 Å². The molecule has 300 valence electrons. The number of amides is 12. The van der Waals surface area contributed by atoms with Gasteiger partial charge >= 0.3 is 6.03 Å². The molecule has 2 aliphatic heterocycles. The third-order valence-electron chi connectivity index (χ3n) is 7.84. The molecular weight excluding hydrogens is 720 g/mol. The van der Waals surface area contributed by atoms with E-state index in [-0.39, 0.29) is 37.6 Å². The van der Waals surface area contributed by atoms with E-state index in [0.717, 1.165) is 0 Å². The number of nitrogens with two attached hydrogens (primary N) is 1. The first-order valence-corrected chi connectivity index (χ1v) is 17.0. The minimum atomic E-state index is -1.51. The lowest BCUT2D eigenvalue weighted by atomic mass is 10.0. The predicted octanol–water partition coefficient (Wildman–Crippen LogP) is -7.46. The summed E-state index contributed by atoms with van der Waals surface area (Å²) in [4.78, 5) is 135. The van der Waals surface area contributed by atoms with Crippen LogP contribution in [-0.4, -0.2) is 145 Å². The summed E-state index contributed by atoms with van der Waals surface area (Å²) in [5, 5.41) is 28.0. The number of rotatable bonds is 19. The van der Waals surface area contributed by atoms with Gasteiger partial charge in [-0.2, -0.15) is 0 Å². The number of aliphatic hydroxyl groups is 1. The van der Waals surface area contributed by atoms with E-state index in [0.29, 0.717) is 12.8 Å². The number of primary amides is 1. The Kier molecular flexibility index (Phi) is 18.0. The number of nitrogens with one attached hydrogen (secondary N) is 10. The standard InChI is InChI=1S/C30H48N12O12/c1-15(2)8-17(27(51)36-13-25(49)42-7-3-4-19(42)29(53)40-41-30(31)54)38-23(47)11-32-22(46)10-35-28(52)18(14-43)39-24(48)12-33-21(45)9-34-26(50)16-5-6-20(44)37-16/h15-19,43H,3-14H2,1-2H3,(H,32,46)(H,33,45)(H,34,50)(H,35,52)(H,36,51)(H,37,44)(H,38,47)(H,39,48)(H,40,53)(H3,31,41,54)/t16-,17-,18-,19-/m0/s1. The molecule has 0 aliphatic carbocycles. The number of hydrogen-bond donors (Lipinski definition) is 12. The molecule has 0 aromatic rings. The summed E-state index contributed by atoms with van der Waals surface area (Å²) in [5.41, 5.74) is 8.98. The molecule has 4 atom stereocenters. The second-order valence-electron chi connectivity index (χ2n) is 12.6. The second kappa shape index (κ2) is 22.1. The Balaban J connectivity index is 1.73. The van der Waals surface area contributed by atoms with Crippen molar-refractivity contribution in [2.75, 3.05) is 45.9 Å². The van der Waals surface area contributed by atoms with Crippen molar-refractivity contribution in [2.24, 2.45) is 11.7 Å². The molecule has 0 unspecified atom stereocenters. The van der Waals surface area contributed by atoms with E-state index in [2.05, 4.69) is 48.0 Å². The third-order valence-corrected chi connectivity index (χ3v) is 7.84. The van der Waals surface area contributed by atoms with Gasteiger partial charge in [-0.3, -0.25) is 53.4 Å². The zero-order valence-electron chi connectivity index (χ0n) is 29.8. The smallest absolute Gasteiger partial charge is 0.330 e. The van der Waals surface area contributed by atoms with Crippen LogP contribution in [0.15, 0.2) is 0 Å². The van der Waals surface area contributed by atoms with Crippen LogP contribution >= 0.6 is 0 Å². The Hall–Kier alpha value is -6.07. The van der Waals surface area contributed by atoms with Gasteiger partial charge in [0.25, 0.3) is 5.91 Å². The molecule has 0 saturated carbocycles. The molecule has 2 saturated heterocycles. The number of urea groups is 1. The van der Waals surface area contributed by atoms with Gasteiger partial charge in [-0.25, -0.2) is 10.2 Å². The summed E-state index contributed by atoms with van der Waals surface area (Å²) < 4.78 is 0. The number of nitrogens with zero attached hydrogens (tertiary/aromatic N) is 1. The average molecular weight is 769 g/mol. The fourth-order valence-electron chi connectivity index (χ4n) is 5.19. The van der Waals surface area contributed by atoms with Crippen molar-refractivity contribution < 1.29 is 57.8 Å². The van der Waals surface area contributed by atoms with Gasteiger partial charge < -0.3 is 58.3 Å². The molecule has 2 fully saturated rings. The number of carbonyl (C=O) groups excluding carboxylic acids is 11. The van der Waals surface area contributed by atoms with Crippen LogP contribution in [0.25, 0.3) is 0 Å². The maximum absolute atomic E-state index is 12.9. The van der Waals surface area contributed by atoms with Gasteiger partial charge in [0.1, 0.15) is 24.2 Å². The molecule has 0 spiro atoms. The summed E-state index contributed by atoms with van der Waals surface area (Å²) in [6.45, 7) is 0.0933. The number of hydrogen-bond acceptors (Lipinski definition) is 12. The van der Waals surface area contributed by atoms with E-state index in [1.54, 1.807) is 13.8 Å². The van der Waals surface area contributed by atoms with Gasteiger partial charge in [0, 0.05) is 13.0 Å². The Morgan fingerprint density at radius 2 is 1.30 bits per heavy atom. The van der Waals surface area contributed by atoms with Crippen LogP contribution in [0.3, 0.4) is 0 Å². The molecule has 2 heterocycles. The van der Waals surface area contributed by atoms with Crippen molar-refractivity contribution in [1.82, 2.24) is 58.3 Å². The fraction of sp³-hybridized carbons (Fsp3) is 0.633. The summed E-state index contributed by atoms with van der Waals surface area (Å²) in [6.07, 6.45) is 1.47. The largest absolute Gasteiger partial charge is 0.394 e. The van der Waals surface area contributed by atoms with E-state index < -0.39 is 123 Å². The van der Waals surface area contributed by atoms with Gasteiger partial charge in [-0.1, -0.05) is 13.8 Å². The molecule has 54 heavy (non-hydrogen) atoms. The lowest BCUT2D eigenvalue weighted by Crippen LogP contribution is -2.55. The van der Waals surface area contributed by atoms with Crippen molar-refractivity contribution in [3.63, 3.8) is 0 Å². The number of carbonyl (C=O) groups is 11. The van der Waals surface area contributed by atoms with Gasteiger partial charge in [-0.15, -0.1) is 0 Å². The highest BCUT2D eigenvalue weighted by Crippen LogP contribution is 2.17. The van der Waals surface area contributed by atoms with Crippen LogP contribution in [0.2, 0.25) is 0 Å². The van der Waals surface area contributed by atoms with Crippen molar-refractivity contribution in [2.45, 2.75) is 70.1 Å². The van der Waals surface area contributed by atoms with Crippen molar-refractivity contribution >= 4 is 65.1 Å². The average Bonchev–Trinajstić information content (AvgIpc) is 3.80. The van der Waals surface area contributed by atoms with Crippen LogP contribution in [0.4, 0.5) is 4.79 Å². The van der Waals surface area contributed by atoms with Crippen LogP contribution in [0.1, 0.15) is 46.0 Å². The maximum atomic E-state index is 12.9. The molecule has 2 aliphatic rings. The van der Waals surface area contributed by atoms with Crippen LogP contribution in [0, 0.1) is 5.92 Å². The minimum absolute atomic E-state index is 0.0806. The first-order valence-electron chi connectivity index (χ1n) is 17.0. The number of likely N-dealkylation sites (tertiary alicyclic amines) is 1. The monoisotopic (exact) mass is 768 g/mol. The SMILES string of the molecule is CC(C)C[C@H](NC(=O)CNC(=O)CNC(=O)[C@H](CO)NC(=O)CNC(=O)CNC(=O)[C@@H]1CCC(=O)N1)C(=O)NCC(=O)N1CCC[C@H]1C(=O)NNC(N)=O. The molecule has 0 radical (unpaired) electrons. The number of hydrazine groups is 1. The Bertz CT molecular complexity index is 1460. The normalized spacial score (nSPS) is 17.2. The topological polar surface area (TPSA) is 358 Å². The first kappa shape index (κ1) is 44.1. The van der Waals surface area contributed by atoms with Crippen molar-refractivity contribution in [1.29, 1.82) is 0 Å². The van der Waals surface area contributed by atoms with E-state index in [1.165, 1.54) is 4.90 Å². The van der Waals surface area contributed by atoms with E-state index in [9.17, 15) is 57.8 Å². The highest BCUT2D eigenvalue weighted by atomic mass is 16.3. The van der Waals surface area contributed by atoms with Crippen molar-refractivity contribution in [3.8, 4) is 0 Å². The summed E-state index contributed by atoms with van der Waals surface area (Å²) in [5.74, 6) is -7.04. The highest BCUT2D eigenvalue weighted by Gasteiger charge is 2.35. The fourth-order valence-corrected chi connectivity index (χ4v) is 5.19. The van der Waals surface area contributed by atoms with Gasteiger partial charge in [0.05, 0.1) is 39.3 Å². The lowest BCUT2D eigenvalue weighted by molar-refractivity contribution is -0.139. The molecule has 24 heteroatoms. The number of aliphatic hydroxyl groups excluding tert-OH is 1. The maximum Gasteiger partial charge on any atom is 0.330 e. The molecule has 13 N–H and O–H groups in total. The second-order valence-corrected chi connectivity index (χ2v) is 12.6. The van der Waals surface area contributed by atoms with Gasteiger partial charge in [-0.05, 0) is 31.6 Å². The van der Waals surface area contributed by atoms with E-state index >= 15 is 0 Å². The van der Waals surface area contributed by atoms with Gasteiger partial charge in [0.15, 0.2) is 0 Å². The summed E-state index contributed by atoms with van der Waals surface area (Å²) in [7, 11) is 0. The zero-order chi connectivity index (χ0) is 40.4. The molecule has 0 aromatic carbocycles. The Morgan fingerprint density at radius 3 is 1.85 bits per heavy atom. The lowest BCUT2D eigenvalue weighted by Gasteiger charge is -2.25. The molecule has 0 aromatic heterocycles. The van der Waals surface area contributed by atoms with Crippen LogP contribution in [-0.2, 0) is 47.9 Å². The highest BCUT2D eigenvalue weighted by molar-refractivity contribution is 5.96. The molecule has 24 nitrogen and oxygen atoms in total. The predicted molar refractivity (Wildman–Crippen MR) is 182 cm³/mol. The Labute approximate surface area is 308 Å². The zero-order valence-corrected chi connectivity index (χ0v) is 29.8. The Morgan fingerprint density at radius 1 is 0.741 bits per heavy atom. The van der Waals surface area contributed by atoms with Crippen molar-refractivity contribution in [3.05, 3.63) is 0 Å². The molecular formula is C30H48N12O12. The first-order chi connectivity index (χ1) is 25.5. The quantitative estimate of drug-likeness (QED) is 0.0546. The summed E-state index contributed by atoms with van der Waals surface area (Å²) >= 11 is 0. The molecule has 0 bridgehead atoms. The molecule has 2 rings (SSSR count). The molecule has 12 amide bonds. The third kappa shape index (κ3) is 15.7. The van der Waals surface area contributed by atoms with E-state index in [1.807, 2.05) is 5.43 Å².